The van der Waals surface area contributed by atoms with Crippen LogP contribution in [-0.4, -0.2) is 32.1 Å². The van der Waals surface area contributed by atoms with Crippen molar-refractivity contribution >= 4 is 29.2 Å². The average Bonchev–Trinajstić information content (AvgIpc) is 3.24. The molecule has 32 heavy (non-hydrogen) atoms. The Hall–Kier alpha value is -3.59. The van der Waals surface area contributed by atoms with Crippen LogP contribution in [0.1, 0.15) is 37.7 Å². The van der Waals surface area contributed by atoms with Gasteiger partial charge in [0.05, 0.1) is 16.8 Å². The lowest BCUT2D eigenvalue weighted by molar-refractivity contribution is -0.384. The SMILES string of the molecule is O=[N+]([O-])c1ccc(-c2nn(-c3ccccc3)cc2/C=N\NC(=S)NC2CCCCC2)cc1. The quantitative estimate of drug-likeness (QED) is 0.248. The number of rotatable bonds is 6. The van der Waals surface area contributed by atoms with Gasteiger partial charge in [0.15, 0.2) is 5.11 Å². The Balaban J connectivity index is 1.55. The van der Waals surface area contributed by atoms with E-state index < -0.39 is 4.92 Å². The smallest absolute Gasteiger partial charge is 0.269 e. The third-order valence-electron chi connectivity index (χ3n) is 5.42. The van der Waals surface area contributed by atoms with Crippen LogP contribution < -0.4 is 10.7 Å². The number of non-ortho nitro benzene ring substituents is 1. The molecule has 2 N–H and O–H groups in total. The second-order valence-electron chi connectivity index (χ2n) is 7.70. The third-order valence-corrected chi connectivity index (χ3v) is 5.63. The zero-order valence-corrected chi connectivity index (χ0v) is 18.3. The zero-order valence-electron chi connectivity index (χ0n) is 17.5. The summed E-state index contributed by atoms with van der Waals surface area (Å²) in [6.45, 7) is 0. The Bertz CT molecular complexity index is 1110. The molecule has 0 amide bonds. The van der Waals surface area contributed by atoms with Crippen molar-refractivity contribution in [2.75, 3.05) is 0 Å². The van der Waals surface area contributed by atoms with Gasteiger partial charge >= 0.3 is 0 Å². The maximum Gasteiger partial charge on any atom is 0.269 e. The summed E-state index contributed by atoms with van der Waals surface area (Å²) in [5, 5.41) is 23.8. The fourth-order valence-corrected chi connectivity index (χ4v) is 4.00. The Morgan fingerprint density at radius 2 is 1.84 bits per heavy atom. The van der Waals surface area contributed by atoms with Crippen LogP contribution in [-0.2, 0) is 0 Å². The molecular formula is C23H24N6O2S. The van der Waals surface area contributed by atoms with E-state index in [1.807, 2.05) is 36.5 Å². The van der Waals surface area contributed by atoms with Gasteiger partial charge in [-0.3, -0.25) is 15.5 Å². The van der Waals surface area contributed by atoms with E-state index >= 15 is 0 Å². The zero-order chi connectivity index (χ0) is 22.3. The predicted molar refractivity (Wildman–Crippen MR) is 129 cm³/mol. The summed E-state index contributed by atoms with van der Waals surface area (Å²) in [7, 11) is 0. The van der Waals surface area contributed by atoms with E-state index in [1.165, 1.54) is 31.4 Å². The molecule has 2 aromatic carbocycles. The van der Waals surface area contributed by atoms with Gasteiger partial charge in [0.25, 0.3) is 5.69 Å². The molecule has 8 nitrogen and oxygen atoms in total. The van der Waals surface area contributed by atoms with Crippen molar-refractivity contribution in [1.29, 1.82) is 0 Å². The number of hydrogen-bond donors (Lipinski definition) is 2. The predicted octanol–water partition coefficient (Wildman–Crippen LogP) is 4.58. The molecular weight excluding hydrogens is 424 g/mol. The highest BCUT2D eigenvalue weighted by Gasteiger charge is 2.15. The minimum atomic E-state index is -0.418. The molecule has 1 aromatic heterocycles. The lowest BCUT2D eigenvalue weighted by Crippen LogP contribution is -2.40. The molecule has 0 atom stereocenters. The van der Waals surface area contributed by atoms with Gasteiger partial charge in [-0.25, -0.2) is 4.68 Å². The first kappa shape index (κ1) is 21.6. The fourth-order valence-electron chi connectivity index (χ4n) is 3.79. The van der Waals surface area contributed by atoms with Gasteiger partial charge in [0, 0.05) is 35.5 Å². The van der Waals surface area contributed by atoms with Crippen LogP contribution in [0, 0.1) is 10.1 Å². The topological polar surface area (TPSA) is 97.4 Å². The molecule has 1 saturated carbocycles. The normalized spacial score (nSPS) is 14.4. The molecule has 0 spiro atoms. The number of benzene rings is 2. The summed E-state index contributed by atoms with van der Waals surface area (Å²) < 4.78 is 1.76. The summed E-state index contributed by atoms with van der Waals surface area (Å²) in [6, 6.07) is 16.4. The summed E-state index contributed by atoms with van der Waals surface area (Å²) in [6.07, 6.45) is 9.52. The number of nitrogens with zero attached hydrogens (tertiary/aromatic N) is 4. The maximum absolute atomic E-state index is 11.0. The standard InChI is InChI=1S/C23H24N6O2S/c30-29(31)21-13-11-17(12-14-21)22-18(16-28(27-22)20-9-5-2-6-10-20)15-24-26-23(32)25-19-7-3-1-4-8-19/h2,5-6,9-16,19H,1,3-4,7-8H2,(H2,25,26,32)/b24-15-. The monoisotopic (exact) mass is 448 g/mol. The first-order chi connectivity index (χ1) is 15.6. The van der Waals surface area contributed by atoms with Gasteiger partial charge in [-0.1, -0.05) is 37.5 Å². The molecule has 1 aliphatic carbocycles. The second-order valence-corrected chi connectivity index (χ2v) is 8.10. The van der Waals surface area contributed by atoms with Gasteiger partial charge in [-0.2, -0.15) is 10.2 Å². The molecule has 0 unspecified atom stereocenters. The van der Waals surface area contributed by atoms with Crippen molar-refractivity contribution < 1.29 is 4.92 Å². The summed E-state index contributed by atoms with van der Waals surface area (Å²) in [5.74, 6) is 0. The van der Waals surface area contributed by atoms with Crippen molar-refractivity contribution in [3.8, 4) is 16.9 Å². The van der Waals surface area contributed by atoms with Crippen LogP contribution in [0.5, 0.6) is 0 Å². The van der Waals surface area contributed by atoms with E-state index in [0.29, 0.717) is 16.8 Å². The summed E-state index contributed by atoms with van der Waals surface area (Å²) >= 11 is 5.38. The molecule has 3 aromatic rings. The molecule has 1 fully saturated rings. The first-order valence-corrected chi connectivity index (χ1v) is 11.0. The third kappa shape index (κ3) is 5.36. The minimum Gasteiger partial charge on any atom is -0.359 e. The number of hydrazone groups is 1. The van der Waals surface area contributed by atoms with Crippen molar-refractivity contribution in [2.24, 2.45) is 5.10 Å². The molecule has 4 rings (SSSR count). The number of nitrogens with one attached hydrogen (secondary N) is 2. The fraction of sp³-hybridized carbons (Fsp3) is 0.261. The Morgan fingerprint density at radius 1 is 1.12 bits per heavy atom. The maximum atomic E-state index is 11.0. The number of para-hydroxylation sites is 1. The number of nitro benzene ring substituents is 1. The largest absolute Gasteiger partial charge is 0.359 e. The van der Waals surface area contributed by atoms with Crippen LogP contribution in [0.4, 0.5) is 5.69 Å². The lowest BCUT2D eigenvalue weighted by atomic mass is 9.96. The van der Waals surface area contributed by atoms with Gasteiger partial charge in [0.2, 0.25) is 0 Å². The Morgan fingerprint density at radius 3 is 2.53 bits per heavy atom. The van der Waals surface area contributed by atoms with E-state index in [4.69, 9.17) is 17.3 Å². The van der Waals surface area contributed by atoms with E-state index in [-0.39, 0.29) is 5.69 Å². The number of aromatic nitrogens is 2. The molecule has 1 heterocycles. The second kappa shape index (κ2) is 10.1. The average molecular weight is 449 g/mol. The van der Waals surface area contributed by atoms with Gasteiger partial charge in [0.1, 0.15) is 5.69 Å². The van der Waals surface area contributed by atoms with Crippen molar-refractivity contribution in [1.82, 2.24) is 20.5 Å². The van der Waals surface area contributed by atoms with E-state index in [2.05, 4.69) is 15.8 Å². The van der Waals surface area contributed by atoms with Crippen LogP contribution in [0.25, 0.3) is 16.9 Å². The van der Waals surface area contributed by atoms with Crippen molar-refractivity contribution in [3.05, 3.63) is 76.5 Å². The van der Waals surface area contributed by atoms with Crippen LogP contribution in [0.15, 0.2) is 65.9 Å². The molecule has 0 bridgehead atoms. The Labute approximate surface area is 191 Å². The van der Waals surface area contributed by atoms with E-state index in [1.54, 1.807) is 23.0 Å². The van der Waals surface area contributed by atoms with E-state index in [0.717, 1.165) is 29.7 Å². The minimum absolute atomic E-state index is 0.0345. The van der Waals surface area contributed by atoms with Crippen LogP contribution in [0.2, 0.25) is 0 Å². The van der Waals surface area contributed by atoms with Crippen LogP contribution in [0.3, 0.4) is 0 Å². The number of thiocarbonyl (C=S) groups is 1. The number of hydrogen-bond acceptors (Lipinski definition) is 5. The van der Waals surface area contributed by atoms with Crippen molar-refractivity contribution in [2.45, 2.75) is 38.1 Å². The van der Waals surface area contributed by atoms with Crippen molar-refractivity contribution in [3.63, 3.8) is 0 Å². The summed E-state index contributed by atoms with van der Waals surface area (Å²) in [5.41, 5.74) is 6.01. The first-order valence-electron chi connectivity index (χ1n) is 10.6. The molecule has 9 heteroatoms. The molecule has 0 aliphatic heterocycles. The molecule has 164 valence electrons. The highest BCUT2D eigenvalue weighted by molar-refractivity contribution is 7.80. The van der Waals surface area contributed by atoms with Crippen LogP contribution >= 0.6 is 12.2 Å². The highest BCUT2D eigenvalue weighted by atomic mass is 32.1. The molecule has 0 radical (unpaired) electrons. The van der Waals surface area contributed by atoms with Gasteiger partial charge in [-0.15, -0.1) is 0 Å². The number of nitro groups is 1. The van der Waals surface area contributed by atoms with E-state index in [9.17, 15) is 10.1 Å². The lowest BCUT2D eigenvalue weighted by Gasteiger charge is -2.23. The highest BCUT2D eigenvalue weighted by Crippen LogP contribution is 2.25. The molecule has 0 saturated heterocycles. The Kier molecular flexibility index (Phi) is 6.86. The van der Waals surface area contributed by atoms with Gasteiger partial charge < -0.3 is 5.32 Å². The summed E-state index contributed by atoms with van der Waals surface area (Å²) in [4.78, 5) is 10.6. The van der Waals surface area contributed by atoms with Gasteiger partial charge in [-0.05, 0) is 49.3 Å². The molecule has 1 aliphatic rings.